The van der Waals surface area contributed by atoms with Crippen LogP contribution < -0.4 is 10.5 Å². The van der Waals surface area contributed by atoms with Gasteiger partial charge in [-0.2, -0.15) is 0 Å². The zero-order chi connectivity index (χ0) is 14.0. The van der Waals surface area contributed by atoms with Gasteiger partial charge >= 0.3 is 0 Å². The number of amides is 1. The predicted molar refractivity (Wildman–Crippen MR) is 69.4 cm³/mol. The summed E-state index contributed by atoms with van der Waals surface area (Å²) >= 11 is 0. The highest BCUT2D eigenvalue weighted by atomic mass is 19.1. The quantitative estimate of drug-likeness (QED) is 0.920. The molecule has 0 radical (unpaired) electrons. The Balaban J connectivity index is 2.74. The van der Waals surface area contributed by atoms with Crippen LogP contribution in [0, 0.1) is 12.7 Å². The second kappa shape index (κ2) is 5.06. The number of hydrogen-bond acceptors (Lipinski definition) is 3. The van der Waals surface area contributed by atoms with Gasteiger partial charge in [-0.15, -0.1) is 0 Å². The van der Waals surface area contributed by atoms with E-state index < -0.39 is 11.7 Å². The maximum absolute atomic E-state index is 13.7. The Morgan fingerprint density at radius 2 is 2.05 bits per heavy atom. The molecule has 1 heterocycles. The molecule has 0 spiro atoms. The van der Waals surface area contributed by atoms with Gasteiger partial charge in [0, 0.05) is 11.3 Å². The van der Waals surface area contributed by atoms with Gasteiger partial charge in [-0.1, -0.05) is 6.07 Å². The maximum atomic E-state index is 13.7. The minimum atomic E-state index is -0.617. The number of aromatic nitrogens is 1. The number of hydrogen-bond donors (Lipinski definition) is 1. The third-order valence-corrected chi connectivity index (χ3v) is 2.73. The number of para-hydroxylation sites is 1. The monoisotopic (exact) mass is 260 g/mol. The van der Waals surface area contributed by atoms with Gasteiger partial charge in [0.2, 0.25) is 0 Å². The Hall–Kier alpha value is -2.43. The van der Waals surface area contributed by atoms with Crippen LogP contribution in [-0.2, 0) is 0 Å². The van der Waals surface area contributed by atoms with Crippen molar-refractivity contribution >= 4 is 5.91 Å². The highest BCUT2D eigenvalue weighted by Gasteiger charge is 2.17. The molecule has 1 amide bonds. The molecule has 0 aliphatic heterocycles. The van der Waals surface area contributed by atoms with Crippen molar-refractivity contribution < 1.29 is 13.9 Å². The number of aryl methyl sites for hydroxylation is 1. The number of nitrogens with zero attached hydrogens (tertiary/aromatic N) is 1. The van der Waals surface area contributed by atoms with E-state index in [1.807, 2.05) is 0 Å². The number of benzene rings is 1. The third-order valence-electron chi connectivity index (χ3n) is 2.73. The van der Waals surface area contributed by atoms with E-state index in [9.17, 15) is 9.18 Å². The summed E-state index contributed by atoms with van der Waals surface area (Å²) in [6, 6.07) is 7.69. The number of ether oxygens (including phenoxy) is 1. The van der Waals surface area contributed by atoms with Crippen LogP contribution in [0.15, 0.2) is 30.3 Å². The lowest BCUT2D eigenvalue weighted by atomic mass is 10.0. The highest BCUT2D eigenvalue weighted by Crippen LogP contribution is 2.33. The smallest absolute Gasteiger partial charge is 0.250 e. The van der Waals surface area contributed by atoms with Crippen LogP contribution in [0.1, 0.15) is 16.1 Å². The molecule has 0 bridgehead atoms. The Morgan fingerprint density at radius 3 is 2.68 bits per heavy atom. The first kappa shape index (κ1) is 13.0. The standard InChI is InChI=1S/C14H13FN2O2/c1-8-6-7-10(14(16)18)12(17-8)9-4-3-5-11(15)13(9)19-2/h3-7H,1-2H3,(H2,16,18). The molecule has 4 nitrogen and oxygen atoms in total. The van der Waals surface area contributed by atoms with Gasteiger partial charge in [-0.05, 0) is 31.2 Å². The number of carbonyl (C=O) groups is 1. The summed E-state index contributed by atoms with van der Waals surface area (Å²) in [6.45, 7) is 1.78. The molecule has 98 valence electrons. The summed E-state index contributed by atoms with van der Waals surface area (Å²) in [5, 5.41) is 0. The van der Waals surface area contributed by atoms with E-state index in [1.54, 1.807) is 25.1 Å². The van der Waals surface area contributed by atoms with Crippen molar-refractivity contribution in [2.45, 2.75) is 6.92 Å². The van der Waals surface area contributed by atoms with E-state index in [0.29, 0.717) is 17.0 Å². The summed E-state index contributed by atoms with van der Waals surface area (Å²) in [5.41, 5.74) is 6.98. The number of halogens is 1. The number of primary amides is 1. The van der Waals surface area contributed by atoms with Crippen molar-refractivity contribution in [2.75, 3.05) is 7.11 Å². The molecular formula is C14H13FN2O2. The molecular weight excluding hydrogens is 247 g/mol. The summed E-state index contributed by atoms with van der Waals surface area (Å²) in [5.74, 6) is -1.09. The fraction of sp³-hybridized carbons (Fsp3) is 0.143. The molecule has 0 fully saturated rings. The van der Waals surface area contributed by atoms with Gasteiger partial charge in [0.05, 0.1) is 18.4 Å². The van der Waals surface area contributed by atoms with Gasteiger partial charge in [-0.25, -0.2) is 4.39 Å². The van der Waals surface area contributed by atoms with E-state index in [1.165, 1.54) is 19.2 Å². The maximum Gasteiger partial charge on any atom is 0.250 e. The molecule has 1 aromatic carbocycles. The number of nitrogens with two attached hydrogens (primary N) is 1. The average molecular weight is 260 g/mol. The molecule has 0 atom stereocenters. The number of methoxy groups -OCH3 is 1. The minimum Gasteiger partial charge on any atom is -0.493 e. The largest absolute Gasteiger partial charge is 0.493 e. The number of pyridine rings is 1. The molecule has 2 rings (SSSR count). The van der Waals surface area contributed by atoms with Gasteiger partial charge in [-0.3, -0.25) is 9.78 Å². The first-order valence-corrected chi connectivity index (χ1v) is 5.65. The molecule has 2 aromatic rings. The van der Waals surface area contributed by atoms with Gasteiger partial charge < -0.3 is 10.5 Å². The lowest BCUT2D eigenvalue weighted by molar-refractivity contribution is 0.100. The first-order chi connectivity index (χ1) is 9.04. The lowest BCUT2D eigenvalue weighted by Gasteiger charge is -2.11. The lowest BCUT2D eigenvalue weighted by Crippen LogP contribution is -2.13. The fourth-order valence-corrected chi connectivity index (χ4v) is 1.86. The van der Waals surface area contributed by atoms with E-state index >= 15 is 0 Å². The van der Waals surface area contributed by atoms with E-state index in [-0.39, 0.29) is 11.3 Å². The zero-order valence-corrected chi connectivity index (χ0v) is 10.6. The normalized spacial score (nSPS) is 10.3. The van der Waals surface area contributed by atoms with Crippen molar-refractivity contribution in [2.24, 2.45) is 5.73 Å². The molecule has 0 saturated heterocycles. The summed E-state index contributed by atoms with van der Waals surface area (Å²) in [4.78, 5) is 15.7. The van der Waals surface area contributed by atoms with Crippen LogP contribution in [0.3, 0.4) is 0 Å². The van der Waals surface area contributed by atoms with Crippen molar-refractivity contribution in [3.8, 4) is 17.0 Å². The molecule has 0 aliphatic rings. The zero-order valence-electron chi connectivity index (χ0n) is 10.6. The minimum absolute atomic E-state index is 0.0445. The molecule has 0 unspecified atom stereocenters. The second-order valence-corrected chi connectivity index (χ2v) is 4.03. The van der Waals surface area contributed by atoms with E-state index in [4.69, 9.17) is 10.5 Å². The van der Waals surface area contributed by atoms with Crippen molar-refractivity contribution in [3.05, 3.63) is 47.4 Å². The Morgan fingerprint density at radius 1 is 1.32 bits per heavy atom. The van der Waals surface area contributed by atoms with Crippen LogP contribution >= 0.6 is 0 Å². The Labute approximate surface area is 110 Å². The van der Waals surface area contributed by atoms with E-state index in [0.717, 1.165) is 0 Å². The Bertz CT molecular complexity index is 641. The Kier molecular flexibility index (Phi) is 3.46. The molecule has 2 N–H and O–H groups in total. The van der Waals surface area contributed by atoms with Crippen LogP contribution in [0.25, 0.3) is 11.3 Å². The van der Waals surface area contributed by atoms with Gasteiger partial charge in [0.15, 0.2) is 11.6 Å². The van der Waals surface area contributed by atoms with E-state index in [2.05, 4.69) is 4.98 Å². The first-order valence-electron chi connectivity index (χ1n) is 5.65. The molecule has 5 heteroatoms. The molecule has 0 saturated carbocycles. The van der Waals surface area contributed by atoms with Gasteiger partial charge in [0.25, 0.3) is 5.91 Å². The van der Waals surface area contributed by atoms with Crippen molar-refractivity contribution in [1.29, 1.82) is 0 Å². The number of rotatable bonds is 3. The SMILES string of the molecule is COc1c(F)cccc1-c1nc(C)ccc1C(N)=O. The van der Waals surface area contributed by atoms with Crippen LogP contribution in [0.4, 0.5) is 4.39 Å². The van der Waals surface area contributed by atoms with Crippen molar-refractivity contribution in [1.82, 2.24) is 4.98 Å². The van der Waals surface area contributed by atoms with Gasteiger partial charge in [0.1, 0.15) is 0 Å². The third kappa shape index (κ3) is 2.40. The summed E-state index contributed by atoms with van der Waals surface area (Å²) < 4.78 is 18.7. The van der Waals surface area contributed by atoms with Crippen LogP contribution in [0.2, 0.25) is 0 Å². The predicted octanol–water partition coefficient (Wildman–Crippen LogP) is 2.30. The highest BCUT2D eigenvalue weighted by molar-refractivity contribution is 5.99. The molecule has 1 aromatic heterocycles. The molecule has 0 aliphatic carbocycles. The fourth-order valence-electron chi connectivity index (χ4n) is 1.86. The topological polar surface area (TPSA) is 65.2 Å². The summed E-state index contributed by atoms with van der Waals surface area (Å²) in [7, 11) is 1.36. The average Bonchev–Trinajstić information content (AvgIpc) is 2.37. The summed E-state index contributed by atoms with van der Waals surface area (Å²) in [6.07, 6.45) is 0. The molecule has 19 heavy (non-hydrogen) atoms. The number of carbonyl (C=O) groups excluding carboxylic acids is 1. The second-order valence-electron chi connectivity index (χ2n) is 4.03. The van der Waals surface area contributed by atoms with Crippen LogP contribution in [0.5, 0.6) is 5.75 Å². The van der Waals surface area contributed by atoms with Crippen LogP contribution in [-0.4, -0.2) is 18.0 Å². The van der Waals surface area contributed by atoms with Crippen molar-refractivity contribution in [3.63, 3.8) is 0 Å².